The minimum absolute atomic E-state index is 0.198. The van der Waals surface area contributed by atoms with Crippen LogP contribution in [0.3, 0.4) is 0 Å². The van der Waals surface area contributed by atoms with Gasteiger partial charge in [-0.15, -0.1) is 0 Å². The van der Waals surface area contributed by atoms with Crippen molar-refractivity contribution in [2.45, 2.75) is 51.2 Å². The van der Waals surface area contributed by atoms with Crippen LogP contribution < -0.4 is 10.5 Å². The number of rotatable bonds is 7. The second kappa shape index (κ2) is 7.32. The number of nitrogens with zero attached hydrogens (tertiary/aromatic N) is 1. The predicted molar refractivity (Wildman–Crippen MR) is 90.4 cm³/mol. The Morgan fingerprint density at radius 2 is 2.04 bits per heavy atom. The van der Waals surface area contributed by atoms with Crippen molar-refractivity contribution in [2.75, 3.05) is 20.2 Å². The zero-order valence-electron chi connectivity index (χ0n) is 14.3. The fourth-order valence-electron chi connectivity index (χ4n) is 3.37. The molecule has 1 unspecified atom stereocenters. The summed E-state index contributed by atoms with van der Waals surface area (Å²) in [4.78, 5) is 13.8. The van der Waals surface area contributed by atoms with Crippen molar-refractivity contribution in [2.24, 2.45) is 5.73 Å². The van der Waals surface area contributed by atoms with Gasteiger partial charge in [-0.2, -0.15) is 0 Å². The van der Waals surface area contributed by atoms with Crippen molar-refractivity contribution in [3.8, 4) is 5.75 Å². The van der Waals surface area contributed by atoms with Crippen LogP contribution in [0.1, 0.15) is 36.8 Å². The first-order valence-electron chi connectivity index (χ1n) is 8.24. The molecule has 0 saturated heterocycles. The fourth-order valence-corrected chi connectivity index (χ4v) is 3.37. The van der Waals surface area contributed by atoms with Gasteiger partial charge in [-0.05, 0) is 50.9 Å². The smallest absolute Gasteiger partial charge is 0.237 e. The van der Waals surface area contributed by atoms with Crippen molar-refractivity contribution >= 4 is 5.91 Å². The van der Waals surface area contributed by atoms with Gasteiger partial charge < -0.3 is 15.6 Å². The number of benzene rings is 1. The van der Waals surface area contributed by atoms with Gasteiger partial charge in [0.25, 0.3) is 0 Å². The average molecular weight is 320 g/mol. The van der Waals surface area contributed by atoms with E-state index in [2.05, 4.69) is 0 Å². The molecule has 0 bridgehead atoms. The van der Waals surface area contributed by atoms with Crippen LogP contribution in [0.5, 0.6) is 5.75 Å². The molecule has 0 aliphatic heterocycles. The number of hydrogen-bond acceptors (Lipinski definition) is 4. The lowest BCUT2D eigenvalue weighted by Gasteiger charge is -2.37. The molecule has 1 fully saturated rings. The minimum atomic E-state index is -0.670. The predicted octanol–water partition coefficient (Wildman–Crippen LogP) is 1.77. The number of amides is 1. The third kappa shape index (κ3) is 4.03. The number of carbonyl (C=O) groups is 1. The molecule has 0 spiro atoms. The van der Waals surface area contributed by atoms with Crippen molar-refractivity contribution in [1.29, 1.82) is 0 Å². The van der Waals surface area contributed by atoms with E-state index in [0.717, 1.165) is 42.6 Å². The van der Waals surface area contributed by atoms with E-state index in [1.54, 1.807) is 0 Å². The molecule has 0 heterocycles. The van der Waals surface area contributed by atoms with Gasteiger partial charge in [0.15, 0.2) is 0 Å². The lowest BCUT2D eigenvalue weighted by molar-refractivity contribution is -0.130. The molecule has 0 radical (unpaired) electrons. The summed E-state index contributed by atoms with van der Waals surface area (Å²) in [6, 6.07) is 6.00. The highest BCUT2D eigenvalue weighted by Crippen LogP contribution is 2.34. The number of primary amides is 1. The Hall–Kier alpha value is -1.59. The van der Waals surface area contributed by atoms with E-state index in [9.17, 15) is 9.90 Å². The van der Waals surface area contributed by atoms with Crippen molar-refractivity contribution < 1.29 is 14.6 Å². The number of nitrogens with two attached hydrogens (primary N) is 1. The largest absolute Gasteiger partial charge is 0.491 e. The summed E-state index contributed by atoms with van der Waals surface area (Å²) in [7, 11) is 1.86. The molecule has 1 amide bonds. The van der Waals surface area contributed by atoms with Gasteiger partial charge in [0.05, 0.1) is 5.54 Å². The number of ether oxygens (including phenoxy) is 1. The maximum atomic E-state index is 11.9. The fraction of sp³-hybridized carbons (Fsp3) is 0.611. The van der Waals surface area contributed by atoms with E-state index in [4.69, 9.17) is 10.5 Å². The topological polar surface area (TPSA) is 75.8 Å². The van der Waals surface area contributed by atoms with Gasteiger partial charge in [-0.3, -0.25) is 9.69 Å². The molecule has 2 rings (SSSR count). The standard InChI is InChI=1S/C18H28N2O3/c1-13-6-7-14(2)16(10-13)23-12-15(21)11-20(3)18(17(19)22)8-4-5-9-18/h6-7,10,15,21H,4-5,8-9,11-12H2,1-3H3,(H2,19,22). The monoisotopic (exact) mass is 320 g/mol. The zero-order valence-corrected chi connectivity index (χ0v) is 14.3. The molecule has 1 aliphatic carbocycles. The molecular formula is C18H28N2O3. The number of aryl methyl sites for hydroxylation is 2. The van der Waals surface area contributed by atoms with Crippen molar-refractivity contribution in [3.05, 3.63) is 29.3 Å². The molecule has 1 atom stereocenters. The van der Waals surface area contributed by atoms with E-state index < -0.39 is 11.6 Å². The van der Waals surface area contributed by atoms with Crippen molar-refractivity contribution in [3.63, 3.8) is 0 Å². The number of likely N-dealkylation sites (N-methyl/N-ethyl adjacent to an activating group) is 1. The van der Waals surface area contributed by atoms with Crippen LogP contribution in [-0.4, -0.2) is 47.8 Å². The average Bonchev–Trinajstić information content (AvgIpc) is 2.99. The van der Waals surface area contributed by atoms with E-state index in [-0.39, 0.29) is 12.5 Å². The van der Waals surface area contributed by atoms with Crippen LogP contribution in [0.4, 0.5) is 0 Å². The Balaban J connectivity index is 1.92. The van der Waals surface area contributed by atoms with Gasteiger partial charge in [0.1, 0.15) is 18.5 Å². The van der Waals surface area contributed by atoms with E-state index >= 15 is 0 Å². The molecule has 1 saturated carbocycles. The molecule has 128 valence electrons. The van der Waals surface area contributed by atoms with Gasteiger partial charge in [0, 0.05) is 6.54 Å². The number of aliphatic hydroxyl groups excluding tert-OH is 1. The highest BCUT2D eigenvalue weighted by Gasteiger charge is 2.43. The molecular weight excluding hydrogens is 292 g/mol. The van der Waals surface area contributed by atoms with Gasteiger partial charge in [-0.1, -0.05) is 25.0 Å². The molecule has 3 N–H and O–H groups in total. The second-order valence-electron chi connectivity index (χ2n) is 6.72. The molecule has 1 aromatic carbocycles. The molecule has 0 aromatic heterocycles. The van der Waals surface area contributed by atoms with Gasteiger partial charge >= 0.3 is 0 Å². The zero-order chi connectivity index (χ0) is 17.0. The van der Waals surface area contributed by atoms with E-state index in [1.165, 1.54) is 0 Å². The third-order valence-corrected chi connectivity index (χ3v) is 4.88. The SMILES string of the molecule is Cc1ccc(C)c(OCC(O)CN(C)C2(C(N)=O)CCCC2)c1. The second-order valence-corrected chi connectivity index (χ2v) is 6.72. The Morgan fingerprint density at radius 3 is 2.65 bits per heavy atom. The summed E-state index contributed by atoms with van der Waals surface area (Å²) < 4.78 is 5.74. The quantitative estimate of drug-likeness (QED) is 0.803. The number of carbonyl (C=O) groups excluding carboxylic acids is 1. The van der Waals surface area contributed by atoms with Gasteiger partial charge in [-0.25, -0.2) is 0 Å². The summed E-state index contributed by atoms with van der Waals surface area (Å²) in [5, 5.41) is 10.3. The molecule has 1 aliphatic rings. The Kier molecular flexibility index (Phi) is 5.65. The van der Waals surface area contributed by atoms with Crippen molar-refractivity contribution in [1.82, 2.24) is 4.90 Å². The Morgan fingerprint density at radius 1 is 1.39 bits per heavy atom. The molecule has 1 aromatic rings. The Bertz CT molecular complexity index is 553. The Labute approximate surface area is 138 Å². The van der Waals surface area contributed by atoms with Crippen LogP contribution in [0.2, 0.25) is 0 Å². The molecule has 5 heteroatoms. The summed E-state index contributed by atoms with van der Waals surface area (Å²) in [5.74, 6) is 0.498. The summed E-state index contributed by atoms with van der Waals surface area (Å²) >= 11 is 0. The lowest BCUT2D eigenvalue weighted by atomic mass is 9.94. The van der Waals surface area contributed by atoms with Crippen LogP contribution in [-0.2, 0) is 4.79 Å². The van der Waals surface area contributed by atoms with E-state index in [1.807, 2.05) is 44.0 Å². The van der Waals surface area contributed by atoms with Crippen LogP contribution in [0.15, 0.2) is 18.2 Å². The highest BCUT2D eigenvalue weighted by atomic mass is 16.5. The number of hydrogen-bond donors (Lipinski definition) is 2. The first-order valence-corrected chi connectivity index (χ1v) is 8.24. The van der Waals surface area contributed by atoms with Crippen LogP contribution >= 0.6 is 0 Å². The summed E-state index contributed by atoms with van der Waals surface area (Å²) in [6.45, 7) is 4.55. The maximum absolute atomic E-state index is 11.9. The minimum Gasteiger partial charge on any atom is -0.491 e. The first kappa shape index (κ1) is 17.8. The lowest BCUT2D eigenvalue weighted by Crippen LogP contribution is -2.56. The van der Waals surface area contributed by atoms with E-state index in [0.29, 0.717) is 6.54 Å². The molecule has 5 nitrogen and oxygen atoms in total. The first-order chi connectivity index (χ1) is 10.8. The van der Waals surface area contributed by atoms with Gasteiger partial charge in [0.2, 0.25) is 5.91 Å². The molecule has 23 heavy (non-hydrogen) atoms. The normalized spacial score (nSPS) is 18.1. The third-order valence-electron chi connectivity index (χ3n) is 4.88. The summed E-state index contributed by atoms with van der Waals surface area (Å²) in [5.41, 5.74) is 7.17. The van der Waals surface area contributed by atoms with Crippen LogP contribution in [0, 0.1) is 13.8 Å². The maximum Gasteiger partial charge on any atom is 0.237 e. The highest BCUT2D eigenvalue weighted by molar-refractivity contribution is 5.85. The van der Waals surface area contributed by atoms with Crippen LogP contribution in [0.25, 0.3) is 0 Å². The number of β-amino-alcohol motifs (C(OH)–C–C–N with tert-alkyl or cyclic N) is 1. The summed E-state index contributed by atoms with van der Waals surface area (Å²) in [6.07, 6.45) is 2.87. The number of aliphatic hydroxyl groups is 1.